The van der Waals surface area contributed by atoms with E-state index in [1.165, 1.54) is 12.5 Å². The lowest BCUT2D eigenvalue weighted by atomic mass is 10.0. The number of rotatable bonds is 8. The Bertz CT molecular complexity index is 900. The highest BCUT2D eigenvalue weighted by molar-refractivity contribution is 8.00. The van der Waals surface area contributed by atoms with Gasteiger partial charge in [0.1, 0.15) is 24.6 Å². The molecule has 4 N–H and O–H groups in total. The Labute approximate surface area is 192 Å². The second-order valence-electron chi connectivity index (χ2n) is 7.88. The first-order chi connectivity index (χ1) is 15.3. The molecule has 0 spiro atoms. The summed E-state index contributed by atoms with van der Waals surface area (Å²) in [6.45, 7) is 3.15. The van der Waals surface area contributed by atoms with Crippen LogP contribution in [0.25, 0.3) is 0 Å². The molecule has 0 aliphatic carbocycles. The van der Waals surface area contributed by atoms with Crippen molar-refractivity contribution in [2.45, 2.75) is 62.3 Å². The van der Waals surface area contributed by atoms with Crippen LogP contribution in [-0.4, -0.2) is 62.0 Å². The fraction of sp³-hybridized carbons (Fsp3) is 0.458. The van der Waals surface area contributed by atoms with Gasteiger partial charge in [-0.3, -0.25) is 4.79 Å². The highest BCUT2D eigenvalue weighted by atomic mass is 32.2. The van der Waals surface area contributed by atoms with Crippen LogP contribution in [0.1, 0.15) is 36.1 Å². The fourth-order valence-corrected chi connectivity index (χ4v) is 4.77. The van der Waals surface area contributed by atoms with E-state index in [0.717, 1.165) is 34.9 Å². The second kappa shape index (κ2) is 11.2. The van der Waals surface area contributed by atoms with E-state index in [0.29, 0.717) is 12.2 Å². The number of carbonyl (C=O) groups excluding carboxylic acids is 1. The molecule has 2 aromatic carbocycles. The molecule has 3 rings (SSSR count). The van der Waals surface area contributed by atoms with E-state index in [-0.39, 0.29) is 13.2 Å². The third-order valence-corrected chi connectivity index (χ3v) is 6.91. The lowest BCUT2D eigenvalue weighted by molar-refractivity contribution is -0.142. The van der Waals surface area contributed by atoms with E-state index in [1.807, 2.05) is 12.1 Å². The summed E-state index contributed by atoms with van der Waals surface area (Å²) in [7, 11) is 0. The average Bonchev–Trinajstić information content (AvgIpc) is 2.79. The van der Waals surface area contributed by atoms with Crippen molar-refractivity contribution in [3.8, 4) is 5.75 Å². The van der Waals surface area contributed by atoms with Crippen LogP contribution in [0.15, 0.2) is 42.5 Å². The molecule has 1 aliphatic heterocycles. The van der Waals surface area contributed by atoms with Crippen LogP contribution >= 0.6 is 11.8 Å². The molecule has 1 aliphatic rings. The summed E-state index contributed by atoms with van der Waals surface area (Å²) in [5.74, 6) is 0.0831. The lowest BCUT2D eigenvalue weighted by Gasteiger charge is -2.39. The van der Waals surface area contributed by atoms with Crippen molar-refractivity contribution in [3.63, 3.8) is 0 Å². The molecule has 0 saturated carbocycles. The number of aryl methyl sites for hydroxylation is 1. The van der Waals surface area contributed by atoms with E-state index in [1.54, 1.807) is 6.07 Å². The smallest absolute Gasteiger partial charge is 0.302 e. The molecule has 32 heavy (non-hydrogen) atoms. The van der Waals surface area contributed by atoms with Gasteiger partial charge in [0, 0.05) is 13.3 Å². The van der Waals surface area contributed by atoms with Crippen LogP contribution in [0.5, 0.6) is 5.75 Å². The van der Waals surface area contributed by atoms with Gasteiger partial charge in [0.2, 0.25) is 0 Å². The molecule has 1 saturated heterocycles. The van der Waals surface area contributed by atoms with Crippen molar-refractivity contribution in [1.29, 1.82) is 0 Å². The van der Waals surface area contributed by atoms with E-state index >= 15 is 0 Å². The quantitative estimate of drug-likeness (QED) is 0.439. The van der Waals surface area contributed by atoms with Gasteiger partial charge in [0.25, 0.3) is 0 Å². The van der Waals surface area contributed by atoms with E-state index < -0.39 is 35.0 Å². The molecular weight excluding hydrogens is 432 g/mol. The summed E-state index contributed by atoms with van der Waals surface area (Å²) in [6, 6.07) is 13.8. The molecule has 8 heteroatoms. The molecule has 0 unspecified atom stereocenters. The Morgan fingerprint density at radius 1 is 0.969 bits per heavy atom. The van der Waals surface area contributed by atoms with E-state index in [9.17, 15) is 25.2 Å². The summed E-state index contributed by atoms with van der Waals surface area (Å²) in [5.41, 5.74) is 3.01. The van der Waals surface area contributed by atoms with Crippen molar-refractivity contribution in [2.75, 3.05) is 6.61 Å². The van der Waals surface area contributed by atoms with Crippen molar-refractivity contribution in [2.24, 2.45) is 0 Å². The molecule has 0 radical (unpaired) electrons. The van der Waals surface area contributed by atoms with Crippen LogP contribution in [0, 0.1) is 0 Å². The minimum atomic E-state index is -1.44. The van der Waals surface area contributed by atoms with Gasteiger partial charge in [-0.15, -0.1) is 11.8 Å². The summed E-state index contributed by atoms with van der Waals surface area (Å²) < 4.78 is 11.2. The molecule has 0 amide bonds. The summed E-state index contributed by atoms with van der Waals surface area (Å²) in [6.07, 6.45) is -2.50. The van der Waals surface area contributed by atoms with Crippen LogP contribution < -0.4 is 4.74 Å². The highest BCUT2D eigenvalue weighted by Gasteiger charge is 2.44. The standard InChI is InChI=1S/C24H30O7S/c1-3-15-4-6-16(7-5-15)10-18-9-8-17(13-30-14(2)26)11-19(18)31-24-23(29)22(28)21(27)20(12-25)32-24/h4-9,11,20-25,27-29H,3,10,12-13H2,1-2H3/t20-,21-,22+,23-,24-/m1/s1. The minimum absolute atomic E-state index is 0.0815. The SMILES string of the molecule is CCc1ccc(Cc2ccc(COC(C)=O)cc2O[C@@H]2S[C@H](CO)[C@@H](O)[C@H](O)[C@H]2O)cc1. The highest BCUT2D eigenvalue weighted by Crippen LogP contribution is 2.36. The van der Waals surface area contributed by atoms with Crippen LogP contribution in [0.4, 0.5) is 0 Å². The van der Waals surface area contributed by atoms with Gasteiger partial charge in [-0.2, -0.15) is 0 Å². The van der Waals surface area contributed by atoms with Gasteiger partial charge in [0.15, 0.2) is 5.44 Å². The number of aliphatic hydroxyl groups excluding tert-OH is 4. The van der Waals surface area contributed by atoms with Crippen molar-refractivity contribution in [1.82, 2.24) is 0 Å². The number of benzene rings is 2. The number of esters is 1. The van der Waals surface area contributed by atoms with Crippen molar-refractivity contribution < 1.29 is 34.7 Å². The number of hydrogen-bond donors (Lipinski definition) is 4. The van der Waals surface area contributed by atoms with Crippen LogP contribution in [0.2, 0.25) is 0 Å². The normalized spacial score (nSPS) is 25.4. The number of aliphatic hydroxyl groups is 4. The third-order valence-electron chi connectivity index (χ3n) is 5.49. The zero-order valence-corrected chi connectivity index (χ0v) is 19.0. The molecule has 0 aromatic heterocycles. The first-order valence-electron chi connectivity index (χ1n) is 10.6. The maximum atomic E-state index is 11.2. The Balaban J connectivity index is 1.87. The maximum absolute atomic E-state index is 11.2. The summed E-state index contributed by atoms with van der Waals surface area (Å²) in [5, 5.41) is 39.5. The molecule has 0 bridgehead atoms. The molecule has 5 atom stereocenters. The Hall–Kier alpha value is -2.10. The third kappa shape index (κ3) is 6.02. The first kappa shape index (κ1) is 24.5. The molecular formula is C24H30O7S. The van der Waals surface area contributed by atoms with Gasteiger partial charge in [-0.05, 0) is 34.7 Å². The van der Waals surface area contributed by atoms with E-state index in [4.69, 9.17) is 9.47 Å². The molecule has 1 fully saturated rings. The largest absolute Gasteiger partial charge is 0.477 e. The van der Waals surface area contributed by atoms with Gasteiger partial charge >= 0.3 is 5.97 Å². The average molecular weight is 463 g/mol. The number of thioether (sulfide) groups is 1. The van der Waals surface area contributed by atoms with Gasteiger partial charge in [-0.25, -0.2) is 0 Å². The number of carbonyl (C=O) groups is 1. The molecule has 1 heterocycles. The number of hydrogen-bond acceptors (Lipinski definition) is 8. The second-order valence-corrected chi connectivity index (χ2v) is 9.23. The topological polar surface area (TPSA) is 116 Å². The minimum Gasteiger partial charge on any atom is -0.477 e. The zero-order valence-electron chi connectivity index (χ0n) is 18.2. The Morgan fingerprint density at radius 2 is 1.62 bits per heavy atom. The Morgan fingerprint density at radius 3 is 2.25 bits per heavy atom. The molecule has 2 aromatic rings. The lowest BCUT2D eigenvalue weighted by Crippen LogP contribution is -2.55. The van der Waals surface area contributed by atoms with Crippen molar-refractivity contribution >= 4 is 17.7 Å². The monoisotopic (exact) mass is 462 g/mol. The zero-order chi connectivity index (χ0) is 23.3. The number of ether oxygens (including phenoxy) is 2. The molecule has 174 valence electrons. The summed E-state index contributed by atoms with van der Waals surface area (Å²) in [4.78, 5) is 11.2. The van der Waals surface area contributed by atoms with Gasteiger partial charge in [0.05, 0.1) is 18.0 Å². The fourth-order valence-electron chi connectivity index (χ4n) is 3.53. The van der Waals surface area contributed by atoms with Crippen LogP contribution in [0.3, 0.4) is 0 Å². The Kier molecular flexibility index (Phi) is 8.56. The maximum Gasteiger partial charge on any atom is 0.302 e. The first-order valence-corrected chi connectivity index (χ1v) is 11.6. The van der Waals surface area contributed by atoms with Crippen LogP contribution in [-0.2, 0) is 29.0 Å². The summed E-state index contributed by atoms with van der Waals surface area (Å²) >= 11 is 1.07. The molecule has 7 nitrogen and oxygen atoms in total. The van der Waals surface area contributed by atoms with Crippen molar-refractivity contribution in [3.05, 3.63) is 64.7 Å². The van der Waals surface area contributed by atoms with Gasteiger partial charge < -0.3 is 29.9 Å². The van der Waals surface area contributed by atoms with Gasteiger partial charge in [-0.1, -0.05) is 43.3 Å². The predicted molar refractivity (Wildman–Crippen MR) is 121 cm³/mol. The van der Waals surface area contributed by atoms with E-state index in [2.05, 4.69) is 31.2 Å². The predicted octanol–water partition coefficient (Wildman–Crippen LogP) is 1.80.